The number of carboxylic acid groups (broad SMARTS) is 1. The SMILES string of the molecule is CC(C)(C)OC(=O)N1CCCCC(OCc2ccccc2)C1C(=O)O. The van der Waals surface area contributed by atoms with E-state index in [2.05, 4.69) is 0 Å². The number of carbonyl (C=O) groups excluding carboxylic acids is 1. The molecule has 1 fully saturated rings. The smallest absolute Gasteiger partial charge is 0.411 e. The fourth-order valence-corrected chi connectivity index (χ4v) is 2.90. The van der Waals surface area contributed by atoms with Crippen LogP contribution in [-0.4, -0.2) is 46.4 Å². The first-order chi connectivity index (χ1) is 11.8. The third-order valence-corrected chi connectivity index (χ3v) is 4.01. The van der Waals surface area contributed by atoms with E-state index in [1.54, 1.807) is 20.8 Å². The molecule has 1 aliphatic rings. The maximum absolute atomic E-state index is 12.5. The second-order valence-corrected chi connectivity index (χ2v) is 7.29. The van der Waals surface area contributed by atoms with Crippen LogP contribution in [0.4, 0.5) is 4.79 Å². The summed E-state index contributed by atoms with van der Waals surface area (Å²) in [5.74, 6) is -1.06. The Labute approximate surface area is 148 Å². The molecular formula is C19H27NO5. The van der Waals surface area contributed by atoms with Gasteiger partial charge in [0.15, 0.2) is 6.04 Å². The molecule has 25 heavy (non-hydrogen) atoms. The van der Waals surface area contributed by atoms with Crippen molar-refractivity contribution in [3.05, 3.63) is 35.9 Å². The van der Waals surface area contributed by atoms with Crippen molar-refractivity contribution < 1.29 is 24.2 Å². The van der Waals surface area contributed by atoms with Crippen molar-refractivity contribution in [2.24, 2.45) is 0 Å². The minimum atomic E-state index is -1.06. The van der Waals surface area contributed by atoms with Gasteiger partial charge in [-0.2, -0.15) is 0 Å². The number of nitrogens with zero attached hydrogens (tertiary/aromatic N) is 1. The van der Waals surface area contributed by atoms with Crippen molar-refractivity contribution in [2.75, 3.05) is 6.54 Å². The van der Waals surface area contributed by atoms with Gasteiger partial charge in [0, 0.05) is 6.54 Å². The van der Waals surface area contributed by atoms with Gasteiger partial charge in [0.2, 0.25) is 0 Å². The molecule has 0 saturated carbocycles. The van der Waals surface area contributed by atoms with Crippen LogP contribution in [0.25, 0.3) is 0 Å². The Hall–Kier alpha value is -2.08. The molecule has 0 bridgehead atoms. The van der Waals surface area contributed by atoms with Crippen LogP contribution in [0.5, 0.6) is 0 Å². The number of aliphatic carboxylic acids is 1. The highest BCUT2D eigenvalue weighted by atomic mass is 16.6. The number of amides is 1. The molecule has 1 heterocycles. The molecule has 6 heteroatoms. The molecule has 1 aliphatic heterocycles. The van der Waals surface area contributed by atoms with E-state index in [1.807, 2.05) is 30.3 Å². The van der Waals surface area contributed by atoms with Gasteiger partial charge in [-0.05, 0) is 45.6 Å². The van der Waals surface area contributed by atoms with Gasteiger partial charge in [-0.15, -0.1) is 0 Å². The lowest BCUT2D eigenvalue weighted by atomic mass is 10.1. The van der Waals surface area contributed by atoms with E-state index in [0.717, 1.165) is 18.4 Å². The summed E-state index contributed by atoms with van der Waals surface area (Å²) < 4.78 is 11.3. The first kappa shape index (κ1) is 19.2. The van der Waals surface area contributed by atoms with Crippen LogP contribution < -0.4 is 0 Å². The van der Waals surface area contributed by atoms with Gasteiger partial charge >= 0.3 is 12.1 Å². The van der Waals surface area contributed by atoms with Gasteiger partial charge in [-0.3, -0.25) is 4.90 Å². The van der Waals surface area contributed by atoms with Gasteiger partial charge < -0.3 is 14.6 Å². The Balaban J connectivity index is 2.13. The monoisotopic (exact) mass is 349 g/mol. The molecule has 138 valence electrons. The number of carboxylic acids is 1. The minimum Gasteiger partial charge on any atom is -0.480 e. The van der Waals surface area contributed by atoms with Crippen LogP contribution in [0.1, 0.15) is 45.6 Å². The molecule has 1 N–H and O–H groups in total. The molecule has 1 aromatic carbocycles. The Morgan fingerprint density at radius 3 is 2.48 bits per heavy atom. The molecule has 1 saturated heterocycles. The Bertz CT molecular complexity index is 581. The lowest BCUT2D eigenvalue weighted by molar-refractivity contribution is -0.150. The number of hydrogen-bond donors (Lipinski definition) is 1. The van der Waals surface area contributed by atoms with Gasteiger partial charge in [-0.25, -0.2) is 9.59 Å². The summed E-state index contributed by atoms with van der Waals surface area (Å²) in [5.41, 5.74) is 0.298. The summed E-state index contributed by atoms with van der Waals surface area (Å²) in [6.45, 7) is 5.97. The van der Waals surface area contributed by atoms with Crippen LogP contribution in [0.15, 0.2) is 30.3 Å². The molecule has 0 aromatic heterocycles. The summed E-state index contributed by atoms with van der Waals surface area (Å²) in [5, 5.41) is 9.72. The molecular weight excluding hydrogens is 322 g/mol. The number of ether oxygens (including phenoxy) is 2. The Morgan fingerprint density at radius 1 is 1.20 bits per heavy atom. The second-order valence-electron chi connectivity index (χ2n) is 7.29. The molecule has 0 spiro atoms. The predicted octanol–water partition coefficient (Wildman–Crippen LogP) is 3.45. The standard InChI is InChI=1S/C19H27NO5/c1-19(2,3)25-18(23)20-12-8-7-11-15(16(20)17(21)22)24-13-14-9-5-4-6-10-14/h4-6,9-10,15-16H,7-8,11-13H2,1-3H3,(H,21,22). The fraction of sp³-hybridized carbons (Fsp3) is 0.579. The summed E-state index contributed by atoms with van der Waals surface area (Å²) in [6, 6.07) is 8.55. The van der Waals surface area contributed by atoms with Crippen molar-refractivity contribution in [1.29, 1.82) is 0 Å². The molecule has 2 atom stereocenters. The zero-order valence-corrected chi connectivity index (χ0v) is 15.1. The van der Waals surface area contributed by atoms with Gasteiger partial charge in [0.05, 0.1) is 12.7 Å². The number of benzene rings is 1. The van der Waals surface area contributed by atoms with Gasteiger partial charge in [-0.1, -0.05) is 30.3 Å². The van der Waals surface area contributed by atoms with Crippen LogP contribution in [0.3, 0.4) is 0 Å². The first-order valence-electron chi connectivity index (χ1n) is 8.66. The van der Waals surface area contributed by atoms with Crippen molar-refractivity contribution >= 4 is 12.1 Å². The van der Waals surface area contributed by atoms with E-state index in [9.17, 15) is 14.7 Å². The largest absolute Gasteiger partial charge is 0.480 e. The summed E-state index contributed by atoms with van der Waals surface area (Å²) >= 11 is 0. The van der Waals surface area contributed by atoms with Crippen LogP contribution in [0.2, 0.25) is 0 Å². The quantitative estimate of drug-likeness (QED) is 0.901. The van der Waals surface area contributed by atoms with Crippen molar-refractivity contribution in [3.63, 3.8) is 0 Å². The lowest BCUT2D eigenvalue weighted by Gasteiger charge is -2.33. The zero-order chi connectivity index (χ0) is 18.4. The number of hydrogen-bond acceptors (Lipinski definition) is 4. The van der Waals surface area contributed by atoms with Gasteiger partial charge in [0.1, 0.15) is 5.60 Å². The van der Waals surface area contributed by atoms with Crippen molar-refractivity contribution in [1.82, 2.24) is 4.90 Å². The van der Waals surface area contributed by atoms with E-state index in [-0.39, 0.29) is 0 Å². The molecule has 1 aromatic rings. The van der Waals surface area contributed by atoms with Crippen LogP contribution in [0, 0.1) is 0 Å². The van der Waals surface area contributed by atoms with E-state index in [0.29, 0.717) is 19.6 Å². The second kappa shape index (κ2) is 8.34. The summed E-state index contributed by atoms with van der Waals surface area (Å²) in [7, 11) is 0. The normalized spacial score (nSPS) is 21.5. The topological polar surface area (TPSA) is 76.1 Å². The summed E-state index contributed by atoms with van der Waals surface area (Å²) in [6.07, 6.45) is 0.975. The minimum absolute atomic E-state index is 0.317. The average molecular weight is 349 g/mol. The molecule has 0 aliphatic carbocycles. The number of carbonyl (C=O) groups is 2. The van der Waals surface area contributed by atoms with Gasteiger partial charge in [0.25, 0.3) is 0 Å². The maximum atomic E-state index is 12.5. The summed E-state index contributed by atoms with van der Waals surface area (Å²) in [4.78, 5) is 25.7. The number of likely N-dealkylation sites (tertiary alicyclic amines) is 1. The maximum Gasteiger partial charge on any atom is 0.411 e. The lowest BCUT2D eigenvalue weighted by Crippen LogP contribution is -2.52. The van der Waals surface area contributed by atoms with E-state index in [1.165, 1.54) is 4.90 Å². The van der Waals surface area contributed by atoms with Crippen LogP contribution in [-0.2, 0) is 20.9 Å². The highest BCUT2D eigenvalue weighted by Crippen LogP contribution is 2.24. The average Bonchev–Trinajstić information content (AvgIpc) is 2.74. The van der Waals surface area contributed by atoms with Crippen LogP contribution >= 0.6 is 0 Å². The first-order valence-corrected chi connectivity index (χ1v) is 8.66. The van der Waals surface area contributed by atoms with E-state index < -0.39 is 29.8 Å². The third-order valence-electron chi connectivity index (χ3n) is 4.01. The molecule has 6 nitrogen and oxygen atoms in total. The van der Waals surface area contributed by atoms with E-state index >= 15 is 0 Å². The molecule has 1 amide bonds. The Morgan fingerprint density at radius 2 is 1.88 bits per heavy atom. The third kappa shape index (κ3) is 5.74. The highest BCUT2D eigenvalue weighted by Gasteiger charge is 2.40. The zero-order valence-electron chi connectivity index (χ0n) is 15.1. The molecule has 0 radical (unpaired) electrons. The number of rotatable bonds is 4. The van der Waals surface area contributed by atoms with Crippen molar-refractivity contribution in [2.45, 2.75) is 64.4 Å². The molecule has 2 rings (SSSR count). The van der Waals surface area contributed by atoms with Crippen molar-refractivity contribution in [3.8, 4) is 0 Å². The Kier molecular flexibility index (Phi) is 6.42. The predicted molar refractivity (Wildman–Crippen MR) is 93.2 cm³/mol. The highest BCUT2D eigenvalue weighted by molar-refractivity contribution is 5.81. The molecule has 2 unspecified atom stereocenters. The fourth-order valence-electron chi connectivity index (χ4n) is 2.90. The van der Waals surface area contributed by atoms with E-state index in [4.69, 9.17) is 9.47 Å².